The van der Waals surface area contributed by atoms with Crippen LogP contribution in [-0.2, 0) is 20.4 Å². The maximum atomic E-state index is 11.2. The number of carbonyl (C=O) groups excluding carboxylic acids is 1. The second-order valence-electron chi connectivity index (χ2n) is 11.2. The van der Waals surface area contributed by atoms with Crippen LogP contribution in [0, 0.1) is 0 Å². The van der Waals surface area contributed by atoms with Crippen LogP contribution in [-0.4, -0.2) is 35.7 Å². The van der Waals surface area contributed by atoms with Crippen molar-refractivity contribution in [2.45, 2.75) is 115 Å². The normalized spacial score (nSPS) is 13.4. The number of aldehydes is 1. The number of allylic oxidation sites excluding steroid dienone is 1. The van der Waals surface area contributed by atoms with Crippen LogP contribution in [0.25, 0.3) is 0 Å². The third kappa shape index (κ3) is 12.8. The van der Waals surface area contributed by atoms with E-state index in [0.717, 1.165) is 50.7 Å². The number of rotatable bonds is 16. The maximum absolute atomic E-state index is 11.2. The van der Waals surface area contributed by atoms with Crippen molar-refractivity contribution in [2.24, 2.45) is 0 Å². The van der Waals surface area contributed by atoms with E-state index < -0.39 is 5.97 Å². The predicted octanol–water partition coefficient (Wildman–Crippen LogP) is 7.29. The van der Waals surface area contributed by atoms with Gasteiger partial charge in [-0.15, -0.1) is 11.8 Å². The van der Waals surface area contributed by atoms with Gasteiger partial charge >= 0.3 is 5.97 Å². The Morgan fingerprint density at radius 1 is 1.00 bits per heavy atom. The molecule has 2 N–H and O–H groups in total. The van der Waals surface area contributed by atoms with E-state index in [1.165, 1.54) is 16.0 Å². The molecule has 0 saturated carbocycles. The van der Waals surface area contributed by atoms with Gasteiger partial charge in [0.25, 0.3) is 0 Å². The molecule has 0 amide bonds. The van der Waals surface area contributed by atoms with E-state index >= 15 is 0 Å². The second kappa shape index (κ2) is 15.4. The zero-order valence-electron chi connectivity index (χ0n) is 22.3. The topological polar surface area (TPSA) is 66.4 Å². The smallest absolute Gasteiger partial charge is 0.303 e. The number of hydrogen-bond acceptors (Lipinski definition) is 4. The number of hydrogen-bond donors (Lipinski definition) is 2. The number of carboxylic acid groups (broad SMARTS) is 1. The van der Waals surface area contributed by atoms with Crippen LogP contribution >= 0.6 is 11.8 Å². The van der Waals surface area contributed by atoms with Crippen molar-refractivity contribution in [1.82, 2.24) is 5.32 Å². The zero-order valence-corrected chi connectivity index (χ0v) is 23.1. The van der Waals surface area contributed by atoms with Gasteiger partial charge in [0.15, 0.2) is 0 Å². The molecule has 0 saturated heterocycles. The van der Waals surface area contributed by atoms with Crippen LogP contribution in [0.5, 0.6) is 0 Å². The number of thioether (sulfide) groups is 1. The minimum absolute atomic E-state index is 0.0472. The van der Waals surface area contributed by atoms with Gasteiger partial charge in [-0.1, -0.05) is 72.2 Å². The summed E-state index contributed by atoms with van der Waals surface area (Å²) in [6, 6.07) is 7.00. The van der Waals surface area contributed by atoms with E-state index in [1.54, 1.807) is 0 Å². The first kappa shape index (κ1) is 30.4. The average Bonchev–Trinajstić information content (AvgIpc) is 2.74. The molecular formula is C29H47NO3S. The molecule has 4 nitrogen and oxygen atoms in total. The Bertz CT molecular complexity index is 775. The maximum Gasteiger partial charge on any atom is 0.303 e. The van der Waals surface area contributed by atoms with Gasteiger partial charge in [-0.3, -0.25) is 4.79 Å². The van der Waals surface area contributed by atoms with Crippen LogP contribution in [0.1, 0.15) is 104 Å². The van der Waals surface area contributed by atoms with E-state index in [1.807, 2.05) is 11.8 Å². The SMILES string of the molecule is CC(C)(C)c1ccc(SC[C@H](CCC(=O)O)NCC/C=C/CCCCCC=O)c(C(C)(C)C)c1. The number of unbranched alkanes of at least 4 members (excludes halogenated alkanes) is 4. The summed E-state index contributed by atoms with van der Waals surface area (Å²) in [6.07, 6.45) is 12.1. The molecule has 1 aromatic carbocycles. The van der Waals surface area contributed by atoms with Gasteiger partial charge in [-0.25, -0.2) is 0 Å². The summed E-state index contributed by atoms with van der Waals surface area (Å²) >= 11 is 1.84. The third-order valence-electron chi connectivity index (χ3n) is 5.90. The monoisotopic (exact) mass is 489 g/mol. The van der Waals surface area contributed by atoms with Gasteiger partial charge in [0.1, 0.15) is 6.29 Å². The molecule has 34 heavy (non-hydrogen) atoms. The molecule has 0 heterocycles. The fraction of sp³-hybridized carbons (Fsp3) is 0.655. The quantitative estimate of drug-likeness (QED) is 0.110. The van der Waals surface area contributed by atoms with Crippen LogP contribution < -0.4 is 5.32 Å². The zero-order chi connectivity index (χ0) is 25.6. The number of benzene rings is 1. The molecule has 1 atom stereocenters. The van der Waals surface area contributed by atoms with Crippen molar-refractivity contribution in [3.63, 3.8) is 0 Å². The highest BCUT2D eigenvalue weighted by molar-refractivity contribution is 7.99. The van der Waals surface area contributed by atoms with Crippen LogP contribution in [0.4, 0.5) is 0 Å². The summed E-state index contributed by atoms with van der Waals surface area (Å²) in [4.78, 5) is 22.8. The largest absolute Gasteiger partial charge is 0.481 e. The number of carbonyl (C=O) groups is 2. The summed E-state index contributed by atoms with van der Waals surface area (Å²) in [5.41, 5.74) is 2.86. The van der Waals surface area contributed by atoms with E-state index in [4.69, 9.17) is 0 Å². The molecule has 0 aromatic heterocycles. The molecular weight excluding hydrogens is 442 g/mol. The standard InChI is InChI=1S/C29H47NO3S/c1-28(2,3)23-15-17-26(25(21-23)29(4,5)6)34-22-24(16-18-27(32)33)30-19-13-11-9-7-8-10-12-14-20-31/h9,11,15,17,20-21,24,30H,7-8,10,12-14,16,18-19,22H2,1-6H3,(H,32,33)/b11-9+/t24-/m0/s1. The Kier molecular flexibility index (Phi) is 13.8. The molecule has 0 aliphatic carbocycles. The lowest BCUT2D eigenvalue weighted by atomic mass is 9.81. The lowest BCUT2D eigenvalue weighted by molar-refractivity contribution is -0.137. The Morgan fingerprint density at radius 3 is 2.29 bits per heavy atom. The fourth-order valence-corrected chi connectivity index (χ4v) is 5.06. The first-order valence-electron chi connectivity index (χ1n) is 12.8. The second-order valence-corrected chi connectivity index (χ2v) is 12.2. The van der Waals surface area contributed by atoms with Crippen molar-refractivity contribution in [3.8, 4) is 0 Å². The molecule has 0 bridgehead atoms. The third-order valence-corrected chi connectivity index (χ3v) is 7.14. The summed E-state index contributed by atoms with van der Waals surface area (Å²) in [5, 5.41) is 12.8. The van der Waals surface area contributed by atoms with Crippen LogP contribution in [0.3, 0.4) is 0 Å². The van der Waals surface area contributed by atoms with Crippen molar-refractivity contribution in [1.29, 1.82) is 0 Å². The first-order chi connectivity index (χ1) is 15.9. The number of nitrogens with one attached hydrogen (secondary N) is 1. The van der Waals surface area contributed by atoms with Crippen molar-refractivity contribution >= 4 is 24.0 Å². The summed E-state index contributed by atoms with van der Waals surface area (Å²) in [7, 11) is 0. The molecule has 0 aliphatic rings. The molecule has 1 rings (SSSR count). The molecule has 0 radical (unpaired) electrons. The van der Waals surface area contributed by atoms with E-state index in [9.17, 15) is 14.7 Å². The Morgan fingerprint density at radius 2 is 1.68 bits per heavy atom. The Balaban J connectivity index is 2.67. The van der Waals surface area contributed by atoms with Gasteiger partial charge in [0, 0.05) is 29.5 Å². The van der Waals surface area contributed by atoms with E-state index in [-0.39, 0.29) is 23.3 Å². The minimum atomic E-state index is -0.740. The lowest BCUT2D eigenvalue weighted by Crippen LogP contribution is -2.32. The van der Waals surface area contributed by atoms with Crippen LogP contribution in [0.15, 0.2) is 35.2 Å². The summed E-state index contributed by atoms with van der Waals surface area (Å²) < 4.78 is 0. The molecule has 5 heteroatoms. The minimum Gasteiger partial charge on any atom is -0.481 e. The van der Waals surface area contributed by atoms with Crippen molar-refractivity contribution < 1.29 is 14.7 Å². The van der Waals surface area contributed by atoms with Crippen molar-refractivity contribution in [2.75, 3.05) is 12.3 Å². The van der Waals surface area contributed by atoms with E-state index in [2.05, 4.69) is 77.2 Å². The predicted molar refractivity (Wildman–Crippen MR) is 146 cm³/mol. The van der Waals surface area contributed by atoms with Gasteiger partial charge < -0.3 is 15.2 Å². The molecule has 0 aliphatic heterocycles. The molecule has 0 spiro atoms. The lowest BCUT2D eigenvalue weighted by Gasteiger charge is -2.28. The van der Waals surface area contributed by atoms with Gasteiger partial charge in [-0.05, 0) is 66.7 Å². The van der Waals surface area contributed by atoms with Crippen molar-refractivity contribution in [3.05, 3.63) is 41.5 Å². The van der Waals surface area contributed by atoms with Crippen LogP contribution in [0.2, 0.25) is 0 Å². The van der Waals surface area contributed by atoms with Gasteiger partial charge in [0.05, 0.1) is 0 Å². The molecule has 0 unspecified atom stereocenters. The average molecular weight is 490 g/mol. The molecule has 192 valence electrons. The highest BCUT2D eigenvalue weighted by Crippen LogP contribution is 2.36. The molecule has 0 fully saturated rings. The summed E-state index contributed by atoms with van der Waals surface area (Å²) in [5.74, 6) is 0.113. The van der Waals surface area contributed by atoms with Gasteiger partial charge in [-0.2, -0.15) is 0 Å². The Labute approximate surface area is 212 Å². The highest BCUT2D eigenvalue weighted by atomic mass is 32.2. The van der Waals surface area contributed by atoms with E-state index in [0.29, 0.717) is 12.8 Å². The van der Waals surface area contributed by atoms with Gasteiger partial charge in [0.2, 0.25) is 0 Å². The highest BCUT2D eigenvalue weighted by Gasteiger charge is 2.23. The fourth-order valence-electron chi connectivity index (χ4n) is 3.71. The number of aliphatic carboxylic acids is 1. The molecule has 1 aromatic rings. The Hall–Kier alpha value is -1.59. The number of carboxylic acids is 1. The first-order valence-corrected chi connectivity index (χ1v) is 13.8. The summed E-state index contributed by atoms with van der Waals surface area (Å²) in [6.45, 7) is 14.4.